The van der Waals surface area contributed by atoms with E-state index in [0.29, 0.717) is 23.9 Å². The van der Waals surface area contributed by atoms with Crippen molar-refractivity contribution in [1.29, 1.82) is 0 Å². The fourth-order valence-electron chi connectivity index (χ4n) is 4.88. The Labute approximate surface area is 253 Å². The number of nitrogens with zero attached hydrogens (tertiary/aromatic N) is 4. The van der Waals surface area contributed by atoms with Crippen LogP contribution >= 0.6 is 23.1 Å². The molecule has 2 aromatic heterocycles. The van der Waals surface area contributed by atoms with Gasteiger partial charge < -0.3 is 14.6 Å². The number of aliphatic hydroxyl groups is 1. The second kappa shape index (κ2) is 12.5. The third-order valence-corrected chi connectivity index (χ3v) is 9.57. The fourth-order valence-corrected chi connectivity index (χ4v) is 7.06. The molecule has 2 atom stereocenters. The van der Waals surface area contributed by atoms with Crippen molar-refractivity contribution in [3.8, 4) is 0 Å². The topological polar surface area (TPSA) is 111 Å². The molecule has 1 amide bonds. The van der Waals surface area contributed by atoms with E-state index in [1.54, 1.807) is 31.2 Å². The molecule has 0 unspecified atom stereocenters. The number of aromatic nitrogens is 4. The Bertz CT molecular complexity index is 1680. The van der Waals surface area contributed by atoms with Crippen molar-refractivity contribution in [3.63, 3.8) is 0 Å². The maximum atomic E-state index is 14.9. The Hall–Kier alpha value is -3.75. The van der Waals surface area contributed by atoms with Crippen molar-refractivity contribution >= 4 is 44.4 Å². The number of carbonyl (C=O) groups is 1. The van der Waals surface area contributed by atoms with Crippen LogP contribution in [-0.2, 0) is 21.6 Å². The van der Waals surface area contributed by atoms with Crippen LogP contribution in [0.25, 0.3) is 10.2 Å². The first-order valence-electron chi connectivity index (χ1n) is 13.4. The van der Waals surface area contributed by atoms with Crippen LogP contribution in [0, 0.1) is 11.6 Å². The largest absolute Gasteiger partial charge is 0.382 e. The molecule has 1 aliphatic heterocycles. The molecule has 43 heavy (non-hydrogen) atoms. The highest BCUT2D eigenvalue weighted by Crippen LogP contribution is 2.39. The number of ether oxygens (including phenoxy) is 2. The number of hydrogen-bond acceptors (Lipinski definition) is 9. The molecule has 0 saturated carbocycles. The third-order valence-electron chi connectivity index (χ3n) is 7.16. The summed E-state index contributed by atoms with van der Waals surface area (Å²) in [4.78, 5) is 21.1. The highest BCUT2D eigenvalue weighted by atomic mass is 32.2. The van der Waals surface area contributed by atoms with Crippen LogP contribution in [0.2, 0.25) is 0 Å². The summed E-state index contributed by atoms with van der Waals surface area (Å²) in [6.45, 7) is 2.31. The fraction of sp³-hybridized carbons (Fsp3) is 0.267. The van der Waals surface area contributed by atoms with Crippen LogP contribution < -0.4 is 5.32 Å². The summed E-state index contributed by atoms with van der Waals surface area (Å²) in [5.41, 5.74) is 0.296. The van der Waals surface area contributed by atoms with Crippen LogP contribution in [0.3, 0.4) is 0 Å². The normalized spacial score (nSPS) is 19.2. The molecule has 0 aliphatic carbocycles. The predicted octanol–water partition coefficient (Wildman–Crippen LogP) is 5.54. The van der Waals surface area contributed by atoms with E-state index in [1.807, 2.05) is 24.3 Å². The molecule has 1 saturated heterocycles. The number of thiazole rings is 1. The summed E-state index contributed by atoms with van der Waals surface area (Å²) in [5, 5.41) is 18.5. The number of hydrogen-bond donors (Lipinski definition) is 2. The molecule has 13 heteroatoms. The zero-order valence-corrected chi connectivity index (χ0v) is 24.5. The lowest BCUT2D eigenvalue weighted by Crippen LogP contribution is -2.43. The van der Waals surface area contributed by atoms with Crippen LogP contribution in [0.5, 0.6) is 0 Å². The van der Waals surface area contributed by atoms with Gasteiger partial charge in [-0.1, -0.05) is 48.6 Å². The summed E-state index contributed by atoms with van der Waals surface area (Å²) in [6.07, 6.45) is 2.12. The van der Waals surface area contributed by atoms with Gasteiger partial charge in [0.2, 0.25) is 0 Å². The molecule has 3 aromatic carbocycles. The number of fused-ring (bicyclic) bond motifs is 1. The Morgan fingerprint density at radius 3 is 2.63 bits per heavy atom. The number of rotatable bonds is 9. The maximum absolute atomic E-state index is 14.9. The highest BCUT2D eigenvalue weighted by Gasteiger charge is 2.41. The average Bonchev–Trinajstić information content (AvgIpc) is 3.67. The monoisotopic (exact) mass is 623 g/mol. The van der Waals surface area contributed by atoms with E-state index in [2.05, 4.69) is 20.4 Å². The van der Waals surface area contributed by atoms with Gasteiger partial charge in [-0.2, -0.15) is 5.10 Å². The van der Waals surface area contributed by atoms with E-state index < -0.39 is 28.8 Å². The lowest BCUT2D eigenvalue weighted by molar-refractivity contribution is -0.180. The van der Waals surface area contributed by atoms with Crippen molar-refractivity contribution in [1.82, 2.24) is 19.7 Å². The first-order chi connectivity index (χ1) is 20.8. The Morgan fingerprint density at radius 2 is 1.93 bits per heavy atom. The van der Waals surface area contributed by atoms with Gasteiger partial charge in [-0.05, 0) is 30.3 Å². The van der Waals surface area contributed by atoms with Crippen LogP contribution in [0.4, 0.5) is 13.9 Å². The summed E-state index contributed by atoms with van der Waals surface area (Å²) in [6, 6.07) is 17.8. The zero-order chi connectivity index (χ0) is 30.0. The van der Waals surface area contributed by atoms with E-state index in [-0.39, 0.29) is 23.3 Å². The molecule has 9 nitrogen and oxygen atoms in total. The molecule has 0 bridgehead atoms. The lowest BCUT2D eigenvalue weighted by atomic mass is 9.90. The minimum Gasteiger partial charge on any atom is -0.382 e. The maximum Gasteiger partial charge on any atom is 0.257 e. The van der Waals surface area contributed by atoms with Crippen LogP contribution in [0.15, 0.2) is 79.4 Å². The van der Waals surface area contributed by atoms with Crippen LogP contribution in [0.1, 0.15) is 34.7 Å². The van der Waals surface area contributed by atoms with E-state index in [4.69, 9.17) is 9.47 Å². The van der Waals surface area contributed by atoms with Gasteiger partial charge >= 0.3 is 0 Å². The van der Waals surface area contributed by atoms with Gasteiger partial charge in [0.05, 0.1) is 35.2 Å². The molecule has 6 rings (SSSR count). The van der Waals surface area contributed by atoms with Crippen molar-refractivity contribution in [2.45, 2.75) is 35.9 Å². The van der Waals surface area contributed by atoms with Crippen molar-refractivity contribution < 1.29 is 28.2 Å². The molecular weight excluding hydrogens is 596 g/mol. The van der Waals surface area contributed by atoms with E-state index in [9.17, 15) is 18.7 Å². The van der Waals surface area contributed by atoms with Gasteiger partial charge in [-0.15, -0.1) is 11.8 Å². The molecule has 1 fully saturated rings. The van der Waals surface area contributed by atoms with Gasteiger partial charge in [0, 0.05) is 28.0 Å². The number of para-hydroxylation sites is 1. The highest BCUT2D eigenvalue weighted by molar-refractivity contribution is 8.00. The van der Waals surface area contributed by atoms with Crippen molar-refractivity contribution in [3.05, 3.63) is 108 Å². The Kier molecular flexibility index (Phi) is 8.50. The van der Waals surface area contributed by atoms with E-state index in [0.717, 1.165) is 27.9 Å². The first-order valence-corrected chi connectivity index (χ1v) is 15.2. The number of nitrogens with one attached hydrogen (secondary N) is 1. The first kappa shape index (κ1) is 29.3. The van der Waals surface area contributed by atoms with Gasteiger partial charge in [0.1, 0.15) is 29.9 Å². The third kappa shape index (κ3) is 6.45. The SMILES string of the molecule is C[C@@H](SC1COC(c2ccc(C(=O)Nc3nc4ccccc4s3)cc2)OC1)[C@](O)(Cn1cncn1)c1ccc(F)cc1F. The summed E-state index contributed by atoms with van der Waals surface area (Å²) in [5.74, 6) is -1.84. The summed E-state index contributed by atoms with van der Waals surface area (Å²) >= 11 is 2.79. The molecule has 222 valence electrons. The van der Waals surface area contributed by atoms with Crippen molar-refractivity contribution in [2.75, 3.05) is 18.5 Å². The number of thioether (sulfide) groups is 1. The lowest BCUT2D eigenvalue weighted by Gasteiger charge is -2.37. The van der Waals surface area contributed by atoms with Gasteiger partial charge in [-0.3, -0.25) is 10.1 Å². The minimum atomic E-state index is -1.73. The standard InChI is InChI=1S/C30H27F2N5O4S2/c1-18(30(39,15-37-17-33-16-34-37)23-11-10-21(31)12-24(23)32)42-22-13-40-28(41-14-22)20-8-6-19(7-9-20)27(38)36-29-35-25-4-2-3-5-26(25)43-29/h2-12,16-18,22,28,39H,13-15H2,1H3,(H,35,36,38)/t18-,22?,28?,30-/m1/s1. The summed E-state index contributed by atoms with van der Waals surface area (Å²) < 4.78 is 42.9. The number of amides is 1. The predicted molar refractivity (Wildman–Crippen MR) is 160 cm³/mol. The number of anilines is 1. The van der Waals surface area contributed by atoms with Crippen molar-refractivity contribution in [2.24, 2.45) is 0 Å². The van der Waals surface area contributed by atoms with E-state index >= 15 is 0 Å². The van der Waals surface area contributed by atoms with Crippen LogP contribution in [-0.4, -0.2) is 54.5 Å². The van der Waals surface area contributed by atoms with Gasteiger partial charge in [0.25, 0.3) is 5.91 Å². The molecule has 2 N–H and O–H groups in total. The Balaban J connectivity index is 1.07. The Morgan fingerprint density at radius 1 is 1.16 bits per heavy atom. The van der Waals surface area contributed by atoms with Gasteiger partial charge in [-0.25, -0.2) is 23.4 Å². The molecule has 0 radical (unpaired) electrons. The molecule has 5 aromatic rings. The quantitative estimate of drug-likeness (QED) is 0.220. The molecule has 3 heterocycles. The second-order valence-corrected chi connectivity index (χ2v) is 12.8. The number of carbonyl (C=O) groups excluding carboxylic acids is 1. The number of benzene rings is 3. The average molecular weight is 624 g/mol. The number of halogens is 2. The van der Waals surface area contributed by atoms with Gasteiger partial charge in [0.15, 0.2) is 11.4 Å². The van der Waals surface area contributed by atoms with E-state index in [1.165, 1.54) is 46.5 Å². The summed E-state index contributed by atoms with van der Waals surface area (Å²) in [7, 11) is 0. The smallest absolute Gasteiger partial charge is 0.257 e. The molecular formula is C30H27F2N5O4S2. The minimum absolute atomic E-state index is 0.0350. The molecule has 0 spiro atoms. The second-order valence-electron chi connectivity index (χ2n) is 10.1. The molecule has 1 aliphatic rings. The zero-order valence-electron chi connectivity index (χ0n) is 22.9.